The van der Waals surface area contributed by atoms with Crippen LogP contribution in [-0.4, -0.2) is 13.1 Å². The molecule has 0 bridgehead atoms. The third-order valence-corrected chi connectivity index (χ3v) is 3.85. The molecule has 1 unspecified atom stereocenters. The maximum Gasteiger partial charge on any atom is 0.0709 e. The first-order valence-corrected chi connectivity index (χ1v) is 8.18. The number of rotatable bonds is 11. The summed E-state index contributed by atoms with van der Waals surface area (Å²) in [7, 11) is 0. The van der Waals surface area contributed by atoms with Gasteiger partial charge in [-0.15, -0.1) is 11.6 Å². The second kappa shape index (κ2) is 11.3. The molecule has 2 heteroatoms. The van der Waals surface area contributed by atoms with Crippen molar-refractivity contribution in [3.8, 4) is 0 Å². The number of unbranched alkanes of at least 4 members (excludes halogenated alkanes) is 6. The lowest BCUT2D eigenvalue weighted by atomic mass is 10.1. The van der Waals surface area contributed by atoms with Crippen molar-refractivity contribution in [2.45, 2.75) is 57.2 Å². The molecule has 0 aromatic heterocycles. The zero-order valence-electron chi connectivity index (χ0n) is 12.2. The SMILES string of the molecule is CCCCCCCCCNCC(Cl)c1ccccc1. The van der Waals surface area contributed by atoms with Crippen LogP contribution < -0.4 is 5.32 Å². The van der Waals surface area contributed by atoms with E-state index in [1.165, 1.54) is 50.5 Å². The van der Waals surface area contributed by atoms with Gasteiger partial charge >= 0.3 is 0 Å². The van der Waals surface area contributed by atoms with Crippen LogP contribution in [0, 0.1) is 0 Å². The molecule has 0 aliphatic carbocycles. The van der Waals surface area contributed by atoms with Gasteiger partial charge in [0.25, 0.3) is 0 Å². The number of halogens is 1. The summed E-state index contributed by atoms with van der Waals surface area (Å²) < 4.78 is 0. The number of benzene rings is 1. The number of alkyl halides is 1. The van der Waals surface area contributed by atoms with Gasteiger partial charge in [0.2, 0.25) is 0 Å². The van der Waals surface area contributed by atoms with E-state index in [0.717, 1.165) is 13.1 Å². The first kappa shape index (κ1) is 16.5. The fraction of sp³-hybridized carbons (Fsp3) is 0.647. The van der Waals surface area contributed by atoms with Gasteiger partial charge in [0.15, 0.2) is 0 Å². The summed E-state index contributed by atoms with van der Waals surface area (Å²) in [5, 5.41) is 3.54. The molecule has 1 nitrogen and oxygen atoms in total. The lowest BCUT2D eigenvalue weighted by Crippen LogP contribution is -2.20. The third-order valence-electron chi connectivity index (χ3n) is 3.44. The lowest BCUT2D eigenvalue weighted by molar-refractivity contribution is 0.561. The van der Waals surface area contributed by atoms with Crippen molar-refractivity contribution in [1.82, 2.24) is 5.32 Å². The fourth-order valence-corrected chi connectivity index (χ4v) is 2.47. The van der Waals surface area contributed by atoms with E-state index in [-0.39, 0.29) is 5.38 Å². The summed E-state index contributed by atoms with van der Waals surface area (Å²) in [6.45, 7) is 4.21. The Labute approximate surface area is 123 Å². The number of hydrogen-bond acceptors (Lipinski definition) is 1. The van der Waals surface area contributed by atoms with E-state index in [9.17, 15) is 0 Å². The van der Waals surface area contributed by atoms with Crippen LogP contribution in [0.25, 0.3) is 0 Å². The molecule has 1 aromatic rings. The molecule has 0 spiro atoms. The van der Waals surface area contributed by atoms with E-state index in [2.05, 4.69) is 24.4 Å². The van der Waals surface area contributed by atoms with Crippen LogP contribution in [0.4, 0.5) is 0 Å². The van der Waals surface area contributed by atoms with Gasteiger partial charge in [-0.05, 0) is 18.5 Å². The molecule has 0 aliphatic heterocycles. The van der Waals surface area contributed by atoms with Crippen molar-refractivity contribution in [3.05, 3.63) is 35.9 Å². The Morgan fingerprint density at radius 2 is 1.58 bits per heavy atom. The molecule has 0 radical (unpaired) electrons. The van der Waals surface area contributed by atoms with Crippen molar-refractivity contribution in [1.29, 1.82) is 0 Å². The maximum absolute atomic E-state index is 6.34. The van der Waals surface area contributed by atoms with Crippen molar-refractivity contribution < 1.29 is 0 Å². The molecule has 1 rings (SSSR count). The summed E-state index contributed by atoms with van der Waals surface area (Å²) in [4.78, 5) is 0. The molecule has 0 saturated carbocycles. The fourth-order valence-electron chi connectivity index (χ4n) is 2.22. The van der Waals surface area contributed by atoms with Gasteiger partial charge < -0.3 is 5.32 Å². The van der Waals surface area contributed by atoms with E-state index in [0.29, 0.717) is 0 Å². The highest BCUT2D eigenvalue weighted by Gasteiger charge is 2.05. The molecule has 1 N–H and O–H groups in total. The van der Waals surface area contributed by atoms with Crippen molar-refractivity contribution >= 4 is 11.6 Å². The molecule has 108 valence electrons. The van der Waals surface area contributed by atoms with Crippen LogP contribution >= 0.6 is 11.6 Å². The summed E-state index contributed by atoms with van der Waals surface area (Å²) in [6, 6.07) is 10.3. The normalized spacial score (nSPS) is 12.5. The molecule has 0 fully saturated rings. The topological polar surface area (TPSA) is 12.0 Å². The smallest absolute Gasteiger partial charge is 0.0709 e. The highest BCUT2D eigenvalue weighted by molar-refractivity contribution is 6.21. The number of hydrogen-bond donors (Lipinski definition) is 1. The monoisotopic (exact) mass is 281 g/mol. The first-order chi connectivity index (χ1) is 9.34. The van der Waals surface area contributed by atoms with Gasteiger partial charge in [0, 0.05) is 6.54 Å². The van der Waals surface area contributed by atoms with Gasteiger partial charge in [-0.1, -0.05) is 75.8 Å². The Bertz CT molecular complexity index is 299. The average molecular weight is 282 g/mol. The van der Waals surface area contributed by atoms with Crippen molar-refractivity contribution in [2.75, 3.05) is 13.1 Å². The van der Waals surface area contributed by atoms with E-state index in [4.69, 9.17) is 11.6 Å². The van der Waals surface area contributed by atoms with Crippen LogP contribution in [0.2, 0.25) is 0 Å². The highest BCUT2D eigenvalue weighted by Crippen LogP contribution is 2.18. The largest absolute Gasteiger partial charge is 0.315 e. The summed E-state index contributed by atoms with van der Waals surface area (Å²) in [5.74, 6) is 0. The maximum atomic E-state index is 6.34. The van der Waals surface area contributed by atoms with Gasteiger partial charge in [-0.2, -0.15) is 0 Å². The minimum absolute atomic E-state index is 0.0887. The quantitative estimate of drug-likeness (QED) is 0.428. The molecule has 19 heavy (non-hydrogen) atoms. The molecule has 1 aromatic carbocycles. The third kappa shape index (κ3) is 8.28. The first-order valence-electron chi connectivity index (χ1n) is 7.74. The summed E-state index contributed by atoms with van der Waals surface area (Å²) >= 11 is 6.34. The zero-order valence-corrected chi connectivity index (χ0v) is 13.0. The Hall–Kier alpha value is -0.530. The molecule has 1 atom stereocenters. The van der Waals surface area contributed by atoms with Crippen LogP contribution in [0.5, 0.6) is 0 Å². The molecule has 0 aliphatic rings. The highest BCUT2D eigenvalue weighted by atomic mass is 35.5. The predicted octanol–water partition coefficient (Wildman–Crippen LogP) is 5.31. The Morgan fingerprint density at radius 3 is 2.26 bits per heavy atom. The molecule has 0 amide bonds. The second-order valence-electron chi connectivity index (χ2n) is 5.20. The van der Waals surface area contributed by atoms with E-state index in [1.54, 1.807) is 0 Å². The standard InChI is InChI=1S/C17H28ClN/c1-2-3-4-5-6-7-11-14-19-15-17(18)16-12-9-8-10-13-16/h8-10,12-13,17,19H,2-7,11,14-15H2,1H3. The Balaban J connectivity index is 1.93. The van der Waals surface area contributed by atoms with E-state index < -0.39 is 0 Å². The van der Waals surface area contributed by atoms with Crippen LogP contribution in [-0.2, 0) is 0 Å². The van der Waals surface area contributed by atoms with Gasteiger partial charge in [0.05, 0.1) is 5.38 Å². The summed E-state index contributed by atoms with van der Waals surface area (Å²) in [6.07, 6.45) is 9.52. The van der Waals surface area contributed by atoms with E-state index in [1.807, 2.05) is 18.2 Å². The van der Waals surface area contributed by atoms with Crippen LogP contribution in [0.15, 0.2) is 30.3 Å². The predicted molar refractivity (Wildman–Crippen MR) is 85.9 cm³/mol. The molecular weight excluding hydrogens is 254 g/mol. The zero-order chi connectivity index (χ0) is 13.8. The van der Waals surface area contributed by atoms with Gasteiger partial charge in [-0.3, -0.25) is 0 Å². The lowest BCUT2D eigenvalue weighted by Gasteiger charge is -2.11. The molecule has 0 heterocycles. The van der Waals surface area contributed by atoms with Gasteiger partial charge in [0.1, 0.15) is 0 Å². The Kier molecular flexibility index (Phi) is 9.84. The average Bonchev–Trinajstić information content (AvgIpc) is 2.46. The van der Waals surface area contributed by atoms with E-state index >= 15 is 0 Å². The minimum Gasteiger partial charge on any atom is -0.315 e. The molecular formula is C17H28ClN. The van der Waals surface area contributed by atoms with Gasteiger partial charge in [-0.25, -0.2) is 0 Å². The summed E-state index contributed by atoms with van der Waals surface area (Å²) in [5.41, 5.74) is 1.20. The minimum atomic E-state index is 0.0887. The number of nitrogens with one attached hydrogen (secondary N) is 1. The van der Waals surface area contributed by atoms with Crippen molar-refractivity contribution in [3.63, 3.8) is 0 Å². The van der Waals surface area contributed by atoms with Crippen LogP contribution in [0.3, 0.4) is 0 Å². The second-order valence-corrected chi connectivity index (χ2v) is 5.73. The molecule has 0 saturated heterocycles. The van der Waals surface area contributed by atoms with Crippen molar-refractivity contribution in [2.24, 2.45) is 0 Å². The Morgan fingerprint density at radius 1 is 0.947 bits per heavy atom. The van der Waals surface area contributed by atoms with Crippen LogP contribution in [0.1, 0.15) is 62.8 Å².